The van der Waals surface area contributed by atoms with E-state index in [4.69, 9.17) is 0 Å². The SMILES string of the molecule is C[C@H](C=O)C1CCC2C(O)CCCC21C. The highest BCUT2D eigenvalue weighted by Gasteiger charge is 2.52. The number of fused-ring (bicyclic) bond motifs is 1. The lowest BCUT2D eigenvalue weighted by atomic mass is 9.62. The quantitative estimate of drug-likeness (QED) is 0.711. The number of carbonyl (C=O) groups is 1. The van der Waals surface area contributed by atoms with Gasteiger partial charge in [-0.2, -0.15) is 0 Å². The van der Waals surface area contributed by atoms with Crippen molar-refractivity contribution in [1.29, 1.82) is 0 Å². The first-order valence-electron chi connectivity index (χ1n) is 6.23. The zero-order valence-electron chi connectivity index (χ0n) is 9.78. The fourth-order valence-corrected chi connectivity index (χ4v) is 4.15. The van der Waals surface area contributed by atoms with Gasteiger partial charge in [-0.05, 0) is 42.9 Å². The first kappa shape index (κ1) is 11.1. The summed E-state index contributed by atoms with van der Waals surface area (Å²) in [4.78, 5) is 10.9. The maximum Gasteiger partial charge on any atom is 0.123 e. The standard InChI is InChI=1S/C13H22O2/c1-9(8-14)10-5-6-11-12(15)4-3-7-13(10,11)2/h8-12,15H,3-7H2,1-2H3/t9-,10?,11?,12?,13?/m1/s1. The molecule has 0 bridgehead atoms. The minimum Gasteiger partial charge on any atom is -0.393 e. The Balaban J connectivity index is 2.20. The first-order chi connectivity index (χ1) is 7.09. The van der Waals surface area contributed by atoms with Crippen LogP contribution in [-0.4, -0.2) is 17.5 Å². The fourth-order valence-electron chi connectivity index (χ4n) is 4.15. The molecule has 2 fully saturated rings. The van der Waals surface area contributed by atoms with Crippen molar-refractivity contribution < 1.29 is 9.90 Å². The average Bonchev–Trinajstić information content (AvgIpc) is 2.56. The van der Waals surface area contributed by atoms with E-state index in [1.165, 1.54) is 6.42 Å². The van der Waals surface area contributed by atoms with Crippen LogP contribution in [0.5, 0.6) is 0 Å². The summed E-state index contributed by atoms with van der Waals surface area (Å²) in [6.45, 7) is 4.32. The van der Waals surface area contributed by atoms with Gasteiger partial charge >= 0.3 is 0 Å². The summed E-state index contributed by atoms with van der Waals surface area (Å²) in [5.41, 5.74) is 0.220. The van der Waals surface area contributed by atoms with E-state index < -0.39 is 0 Å². The largest absolute Gasteiger partial charge is 0.393 e. The van der Waals surface area contributed by atoms with E-state index in [0.717, 1.165) is 32.0 Å². The van der Waals surface area contributed by atoms with Crippen molar-refractivity contribution in [3.8, 4) is 0 Å². The number of aldehydes is 1. The molecule has 0 aromatic heterocycles. The highest BCUT2D eigenvalue weighted by atomic mass is 16.3. The van der Waals surface area contributed by atoms with Crippen LogP contribution in [0, 0.1) is 23.2 Å². The Morgan fingerprint density at radius 1 is 1.40 bits per heavy atom. The molecule has 2 aliphatic rings. The van der Waals surface area contributed by atoms with Crippen molar-refractivity contribution in [3.63, 3.8) is 0 Å². The molecule has 0 aliphatic heterocycles. The zero-order valence-corrected chi connectivity index (χ0v) is 9.78. The Morgan fingerprint density at radius 3 is 2.80 bits per heavy atom. The van der Waals surface area contributed by atoms with Gasteiger partial charge in [0, 0.05) is 5.92 Å². The van der Waals surface area contributed by atoms with Crippen LogP contribution in [0.15, 0.2) is 0 Å². The van der Waals surface area contributed by atoms with Crippen LogP contribution in [0.4, 0.5) is 0 Å². The molecule has 0 aromatic rings. The van der Waals surface area contributed by atoms with Crippen LogP contribution in [0.25, 0.3) is 0 Å². The van der Waals surface area contributed by atoms with Gasteiger partial charge in [-0.3, -0.25) is 0 Å². The molecule has 2 rings (SSSR count). The normalized spacial score (nSPS) is 47.3. The molecule has 0 saturated heterocycles. The smallest absolute Gasteiger partial charge is 0.123 e. The summed E-state index contributed by atoms with van der Waals surface area (Å²) >= 11 is 0. The Labute approximate surface area is 92.1 Å². The molecule has 2 nitrogen and oxygen atoms in total. The number of carbonyl (C=O) groups excluding carboxylic acids is 1. The summed E-state index contributed by atoms with van der Waals surface area (Å²) in [7, 11) is 0. The van der Waals surface area contributed by atoms with Crippen LogP contribution < -0.4 is 0 Å². The highest BCUT2D eigenvalue weighted by Crippen LogP contribution is 2.57. The topological polar surface area (TPSA) is 37.3 Å². The number of hydrogen-bond donors (Lipinski definition) is 1. The zero-order chi connectivity index (χ0) is 11.1. The average molecular weight is 210 g/mol. The fraction of sp³-hybridized carbons (Fsp3) is 0.923. The van der Waals surface area contributed by atoms with E-state index in [9.17, 15) is 9.90 Å². The number of hydrogen-bond acceptors (Lipinski definition) is 2. The van der Waals surface area contributed by atoms with Crippen LogP contribution >= 0.6 is 0 Å². The van der Waals surface area contributed by atoms with E-state index in [-0.39, 0.29) is 17.4 Å². The predicted molar refractivity (Wildman–Crippen MR) is 59.4 cm³/mol. The predicted octanol–water partition coefficient (Wildman–Crippen LogP) is 2.40. The molecule has 0 spiro atoms. The van der Waals surface area contributed by atoms with Crippen LogP contribution in [0.2, 0.25) is 0 Å². The summed E-state index contributed by atoms with van der Waals surface area (Å²) in [5.74, 6) is 1.10. The molecule has 4 unspecified atom stereocenters. The second-order valence-electron chi connectivity index (χ2n) is 5.75. The summed E-state index contributed by atoms with van der Waals surface area (Å²) < 4.78 is 0. The number of rotatable bonds is 2. The van der Waals surface area contributed by atoms with E-state index in [1.54, 1.807) is 0 Å². The molecule has 86 valence electrons. The highest BCUT2D eigenvalue weighted by molar-refractivity contribution is 5.53. The Kier molecular flexibility index (Phi) is 2.89. The molecule has 0 aromatic carbocycles. The Bertz CT molecular complexity index is 251. The van der Waals surface area contributed by atoms with Gasteiger partial charge in [-0.25, -0.2) is 0 Å². The van der Waals surface area contributed by atoms with Crippen molar-refractivity contribution >= 4 is 6.29 Å². The van der Waals surface area contributed by atoms with Crippen molar-refractivity contribution in [2.24, 2.45) is 23.2 Å². The molecule has 2 saturated carbocycles. The molecular formula is C13H22O2. The summed E-state index contributed by atoms with van der Waals surface area (Å²) in [5, 5.41) is 10.0. The van der Waals surface area contributed by atoms with Crippen LogP contribution in [0.1, 0.15) is 46.0 Å². The van der Waals surface area contributed by atoms with E-state index >= 15 is 0 Å². The van der Waals surface area contributed by atoms with Crippen molar-refractivity contribution in [2.75, 3.05) is 0 Å². The molecule has 2 aliphatic carbocycles. The lowest BCUT2D eigenvalue weighted by molar-refractivity contribution is -0.114. The summed E-state index contributed by atoms with van der Waals surface area (Å²) in [6.07, 6.45) is 6.49. The molecule has 0 radical (unpaired) electrons. The van der Waals surface area contributed by atoms with Crippen molar-refractivity contribution in [1.82, 2.24) is 0 Å². The third-order valence-corrected chi connectivity index (χ3v) is 5.01. The molecule has 0 amide bonds. The van der Waals surface area contributed by atoms with Gasteiger partial charge < -0.3 is 9.90 Å². The molecular weight excluding hydrogens is 188 g/mol. The summed E-state index contributed by atoms with van der Waals surface area (Å²) in [6, 6.07) is 0. The lowest BCUT2D eigenvalue weighted by Gasteiger charge is -2.44. The molecule has 5 atom stereocenters. The van der Waals surface area contributed by atoms with E-state index in [0.29, 0.717) is 11.8 Å². The lowest BCUT2D eigenvalue weighted by Crippen LogP contribution is -2.41. The van der Waals surface area contributed by atoms with Gasteiger partial charge in [0.25, 0.3) is 0 Å². The van der Waals surface area contributed by atoms with Gasteiger partial charge in [-0.1, -0.05) is 20.3 Å². The number of aliphatic hydroxyl groups is 1. The third-order valence-electron chi connectivity index (χ3n) is 5.01. The second kappa shape index (κ2) is 3.89. The molecule has 1 N–H and O–H groups in total. The molecule has 0 heterocycles. The monoisotopic (exact) mass is 210 g/mol. The van der Waals surface area contributed by atoms with Crippen molar-refractivity contribution in [3.05, 3.63) is 0 Å². The van der Waals surface area contributed by atoms with Gasteiger partial charge in [-0.15, -0.1) is 0 Å². The van der Waals surface area contributed by atoms with Gasteiger partial charge in [0.1, 0.15) is 6.29 Å². The van der Waals surface area contributed by atoms with E-state index in [2.05, 4.69) is 6.92 Å². The second-order valence-corrected chi connectivity index (χ2v) is 5.75. The third kappa shape index (κ3) is 1.63. The maximum absolute atomic E-state index is 10.9. The van der Waals surface area contributed by atoms with Gasteiger partial charge in [0.05, 0.1) is 6.10 Å². The Morgan fingerprint density at radius 2 is 2.13 bits per heavy atom. The maximum atomic E-state index is 10.9. The van der Waals surface area contributed by atoms with Crippen molar-refractivity contribution in [2.45, 2.75) is 52.1 Å². The van der Waals surface area contributed by atoms with Crippen LogP contribution in [0.3, 0.4) is 0 Å². The number of aliphatic hydroxyl groups excluding tert-OH is 1. The van der Waals surface area contributed by atoms with Crippen LogP contribution in [-0.2, 0) is 4.79 Å². The molecule has 15 heavy (non-hydrogen) atoms. The van der Waals surface area contributed by atoms with Gasteiger partial charge in [0.2, 0.25) is 0 Å². The van der Waals surface area contributed by atoms with Gasteiger partial charge in [0.15, 0.2) is 0 Å². The minimum absolute atomic E-state index is 0.118. The first-order valence-corrected chi connectivity index (χ1v) is 6.23. The van der Waals surface area contributed by atoms with E-state index in [1.807, 2.05) is 6.92 Å². The molecule has 2 heteroatoms. The minimum atomic E-state index is -0.118. The Hall–Kier alpha value is -0.370.